The van der Waals surface area contributed by atoms with Gasteiger partial charge in [0.15, 0.2) is 0 Å². The van der Waals surface area contributed by atoms with E-state index in [1.54, 1.807) is 11.8 Å². The normalized spacial score (nSPS) is 18.4. The highest BCUT2D eigenvalue weighted by atomic mass is 32.2. The third-order valence-corrected chi connectivity index (χ3v) is 3.93. The molecule has 1 atom stereocenters. The fourth-order valence-corrected chi connectivity index (χ4v) is 3.05. The molecule has 2 N–H and O–H groups in total. The summed E-state index contributed by atoms with van der Waals surface area (Å²) in [6, 6.07) is 3.68. The number of esters is 1. The first kappa shape index (κ1) is 12.3. The first-order valence-electron chi connectivity index (χ1n) is 5.36. The number of rotatable bonds is 2. The molecule has 0 saturated heterocycles. The van der Waals surface area contributed by atoms with Gasteiger partial charge in [0.1, 0.15) is 11.3 Å². The molecule has 1 aliphatic heterocycles. The number of methoxy groups -OCH3 is 2. The first-order valence-corrected chi connectivity index (χ1v) is 6.34. The number of fused-ring (bicyclic) bond motifs is 1. The molecule has 4 nitrogen and oxygen atoms in total. The summed E-state index contributed by atoms with van der Waals surface area (Å²) < 4.78 is 9.95. The van der Waals surface area contributed by atoms with Gasteiger partial charge >= 0.3 is 5.97 Å². The van der Waals surface area contributed by atoms with E-state index in [4.69, 9.17) is 15.2 Å². The molecule has 0 aliphatic carbocycles. The van der Waals surface area contributed by atoms with E-state index in [1.165, 1.54) is 14.2 Å². The fourth-order valence-electron chi connectivity index (χ4n) is 1.88. The Morgan fingerprint density at radius 1 is 1.47 bits per heavy atom. The van der Waals surface area contributed by atoms with E-state index in [0.29, 0.717) is 11.3 Å². The number of nitrogens with two attached hydrogens (primary N) is 1. The Morgan fingerprint density at radius 3 is 2.88 bits per heavy atom. The molecule has 0 aromatic heterocycles. The number of carbonyl (C=O) groups excluding carboxylic acids is 1. The summed E-state index contributed by atoms with van der Waals surface area (Å²) in [5.74, 6) is 1.11. The maximum Gasteiger partial charge on any atom is 0.341 e. The van der Waals surface area contributed by atoms with E-state index in [2.05, 4.69) is 0 Å². The Bertz CT molecular complexity index is 448. The molecule has 1 aliphatic rings. The molecular formula is C12H15NO3S. The largest absolute Gasteiger partial charge is 0.496 e. The van der Waals surface area contributed by atoms with Crippen molar-refractivity contribution >= 4 is 17.7 Å². The van der Waals surface area contributed by atoms with Crippen molar-refractivity contribution in [3.8, 4) is 5.75 Å². The maximum absolute atomic E-state index is 11.6. The molecule has 17 heavy (non-hydrogen) atoms. The van der Waals surface area contributed by atoms with Crippen molar-refractivity contribution in [2.24, 2.45) is 5.73 Å². The molecule has 5 heteroatoms. The number of thioether (sulfide) groups is 1. The number of ether oxygens (including phenoxy) is 2. The van der Waals surface area contributed by atoms with Crippen molar-refractivity contribution in [2.75, 3.05) is 20.0 Å². The molecule has 1 aromatic carbocycles. The van der Waals surface area contributed by atoms with E-state index in [9.17, 15) is 4.79 Å². The van der Waals surface area contributed by atoms with Crippen molar-refractivity contribution < 1.29 is 14.3 Å². The molecule has 92 valence electrons. The van der Waals surface area contributed by atoms with Gasteiger partial charge in [-0.2, -0.15) is 0 Å². The van der Waals surface area contributed by atoms with Gasteiger partial charge in [-0.25, -0.2) is 4.79 Å². The molecule has 0 spiro atoms. The van der Waals surface area contributed by atoms with Gasteiger partial charge in [-0.05, 0) is 29.9 Å². The number of hydrogen-bond acceptors (Lipinski definition) is 5. The Balaban J connectivity index is 2.51. The second-order valence-electron chi connectivity index (χ2n) is 3.83. The second-order valence-corrected chi connectivity index (χ2v) is 4.96. The predicted molar refractivity (Wildman–Crippen MR) is 66.6 cm³/mol. The summed E-state index contributed by atoms with van der Waals surface area (Å²) >= 11 is 1.71. The molecule has 0 fully saturated rings. The molecule has 0 bridgehead atoms. The standard InChI is InChI=1S/C12H15NO3S/c1-15-10-5-7-9(13)3-4-17-11(7)6-8(10)12(14)16-2/h5-6,9H,3-4,13H2,1-2H3. The molecule has 0 saturated carbocycles. The van der Waals surface area contributed by atoms with Crippen LogP contribution in [0.1, 0.15) is 28.4 Å². The van der Waals surface area contributed by atoms with Crippen molar-refractivity contribution in [1.82, 2.24) is 0 Å². The highest BCUT2D eigenvalue weighted by Gasteiger charge is 2.22. The molecule has 2 rings (SSSR count). The lowest BCUT2D eigenvalue weighted by Gasteiger charge is -2.23. The van der Waals surface area contributed by atoms with E-state index < -0.39 is 0 Å². The van der Waals surface area contributed by atoms with Crippen LogP contribution in [0.5, 0.6) is 5.75 Å². The van der Waals surface area contributed by atoms with Crippen LogP contribution in [0.3, 0.4) is 0 Å². The zero-order valence-corrected chi connectivity index (χ0v) is 10.7. The summed E-state index contributed by atoms with van der Waals surface area (Å²) in [7, 11) is 2.90. The summed E-state index contributed by atoms with van der Waals surface area (Å²) in [6.07, 6.45) is 0.943. The Hall–Kier alpha value is -1.20. The molecule has 1 heterocycles. The Morgan fingerprint density at radius 2 is 2.24 bits per heavy atom. The van der Waals surface area contributed by atoms with E-state index in [-0.39, 0.29) is 12.0 Å². The van der Waals surface area contributed by atoms with Crippen LogP contribution in [0, 0.1) is 0 Å². The minimum Gasteiger partial charge on any atom is -0.496 e. The first-order chi connectivity index (χ1) is 8.17. The fraction of sp³-hybridized carbons (Fsp3) is 0.417. The minimum atomic E-state index is -0.385. The van der Waals surface area contributed by atoms with Crippen LogP contribution in [0.15, 0.2) is 17.0 Å². The molecule has 1 unspecified atom stereocenters. The lowest BCUT2D eigenvalue weighted by Crippen LogP contribution is -2.17. The van der Waals surface area contributed by atoms with E-state index in [1.807, 2.05) is 12.1 Å². The number of benzene rings is 1. The quantitative estimate of drug-likeness (QED) is 0.817. The second kappa shape index (κ2) is 4.98. The monoisotopic (exact) mass is 253 g/mol. The summed E-state index contributed by atoms with van der Waals surface area (Å²) in [5, 5.41) is 0. The van der Waals surface area contributed by atoms with Gasteiger partial charge in [0.25, 0.3) is 0 Å². The van der Waals surface area contributed by atoms with Crippen molar-refractivity contribution in [3.05, 3.63) is 23.3 Å². The van der Waals surface area contributed by atoms with Gasteiger partial charge in [0, 0.05) is 10.9 Å². The van der Waals surface area contributed by atoms with Crippen molar-refractivity contribution in [1.29, 1.82) is 0 Å². The molecule has 1 aromatic rings. The number of carbonyl (C=O) groups is 1. The van der Waals surface area contributed by atoms with Gasteiger partial charge in [-0.1, -0.05) is 0 Å². The topological polar surface area (TPSA) is 61.5 Å². The van der Waals surface area contributed by atoms with Gasteiger partial charge in [0.2, 0.25) is 0 Å². The Kier molecular flexibility index (Phi) is 3.59. The van der Waals surface area contributed by atoms with E-state index >= 15 is 0 Å². The third-order valence-electron chi connectivity index (χ3n) is 2.82. The SMILES string of the molecule is COC(=O)c1cc2c(cc1OC)C(N)CCS2. The summed E-state index contributed by atoms with van der Waals surface area (Å²) in [6.45, 7) is 0. The van der Waals surface area contributed by atoms with E-state index in [0.717, 1.165) is 22.6 Å². The van der Waals surface area contributed by atoms with Crippen LogP contribution in [-0.2, 0) is 4.74 Å². The lowest BCUT2D eigenvalue weighted by atomic mass is 10.0. The highest BCUT2D eigenvalue weighted by Crippen LogP contribution is 2.38. The average molecular weight is 253 g/mol. The van der Waals surface area contributed by atoms with Crippen LogP contribution in [0.4, 0.5) is 0 Å². The third kappa shape index (κ3) is 2.25. The van der Waals surface area contributed by atoms with Gasteiger partial charge in [-0.3, -0.25) is 0 Å². The predicted octanol–water partition coefficient (Wildman–Crippen LogP) is 1.98. The van der Waals surface area contributed by atoms with Gasteiger partial charge in [-0.15, -0.1) is 11.8 Å². The molecule has 0 radical (unpaired) electrons. The maximum atomic E-state index is 11.6. The lowest BCUT2D eigenvalue weighted by molar-refractivity contribution is 0.0596. The zero-order chi connectivity index (χ0) is 12.4. The van der Waals surface area contributed by atoms with Gasteiger partial charge in [0.05, 0.1) is 14.2 Å². The van der Waals surface area contributed by atoms with Crippen LogP contribution < -0.4 is 10.5 Å². The van der Waals surface area contributed by atoms with Crippen molar-refractivity contribution in [2.45, 2.75) is 17.4 Å². The van der Waals surface area contributed by atoms with Crippen LogP contribution in [-0.4, -0.2) is 25.9 Å². The highest BCUT2D eigenvalue weighted by molar-refractivity contribution is 7.99. The van der Waals surface area contributed by atoms with Gasteiger partial charge < -0.3 is 15.2 Å². The van der Waals surface area contributed by atoms with Crippen molar-refractivity contribution in [3.63, 3.8) is 0 Å². The molecular weight excluding hydrogens is 238 g/mol. The van der Waals surface area contributed by atoms with Crippen LogP contribution in [0.25, 0.3) is 0 Å². The Labute approximate surface area is 104 Å². The zero-order valence-electron chi connectivity index (χ0n) is 9.86. The number of hydrogen-bond donors (Lipinski definition) is 1. The smallest absolute Gasteiger partial charge is 0.341 e. The summed E-state index contributed by atoms with van der Waals surface area (Å²) in [5.41, 5.74) is 7.54. The van der Waals surface area contributed by atoms with Crippen LogP contribution >= 0.6 is 11.8 Å². The minimum absolute atomic E-state index is 0.0202. The van der Waals surface area contributed by atoms with Crippen LogP contribution in [0.2, 0.25) is 0 Å². The summed E-state index contributed by atoms with van der Waals surface area (Å²) in [4.78, 5) is 12.7. The average Bonchev–Trinajstić information content (AvgIpc) is 2.37. The molecule has 0 amide bonds.